The first-order valence-electron chi connectivity index (χ1n) is 6.25. The minimum Gasteiger partial charge on any atom is -0.391 e. The first kappa shape index (κ1) is 10.9. The number of amides is 1. The molecule has 1 unspecified atom stereocenters. The molecule has 1 aliphatic carbocycles. The molecule has 2 aliphatic rings. The van der Waals surface area contributed by atoms with Crippen LogP contribution in [0.5, 0.6) is 0 Å². The van der Waals surface area contributed by atoms with Crippen LogP contribution in [0.2, 0.25) is 0 Å². The summed E-state index contributed by atoms with van der Waals surface area (Å²) in [5.74, 6) is 0.257. The molecular formula is C12H21NO2. The van der Waals surface area contributed by atoms with Gasteiger partial charge in [0, 0.05) is 19.0 Å². The number of hydrogen-bond acceptors (Lipinski definition) is 2. The van der Waals surface area contributed by atoms with Crippen molar-refractivity contribution >= 4 is 5.91 Å². The quantitative estimate of drug-likeness (QED) is 0.670. The van der Waals surface area contributed by atoms with Gasteiger partial charge in [0.25, 0.3) is 0 Å². The van der Waals surface area contributed by atoms with E-state index < -0.39 is 0 Å². The minimum absolute atomic E-state index is 0.257. The number of aliphatic hydroxyl groups is 1. The Labute approximate surface area is 91.5 Å². The highest BCUT2D eigenvalue weighted by molar-refractivity contribution is 5.77. The number of carbonyl (C=O) groups is 1. The van der Waals surface area contributed by atoms with Crippen molar-refractivity contribution in [3.8, 4) is 0 Å². The highest BCUT2D eigenvalue weighted by Crippen LogP contribution is 2.25. The van der Waals surface area contributed by atoms with Crippen molar-refractivity contribution in [1.29, 1.82) is 0 Å². The van der Waals surface area contributed by atoms with E-state index in [9.17, 15) is 9.90 Å². The fourth-order valence-electron chi connectivity index (χ4n) is 2.78. The van der Waals surface area contributed by atoms with Gasteiger partial charge >= 0.3 is 0 Å². The summed E-state index contributed by atoms with van der Waals surface area (Å²) in [6, 6.07) is 0.412. The van der Waals surface area contributed by atoms with Crippen molar-refractivity contribution in [2.75, 3.05) is 6.54 Å². The number of β-amino-alcohol motifs (C(OH)–C–C–N with tert-alkyl or cyclic N) is 1. The SMILES string of the molecule is O=C1CCC(O)CN1C1CCCCCC1. The van der Waals surface area contributed by atoms with Crippen LogP contribution in [0.15, 0.2) is 0 Å². The van der Waals surface area contributed by atoms with Crippen LogP contribution in [0.3, 0.4) is 0 Å². The predicted molar refractivity (Wildman–Crippen MR) is 58.4 cm³/mol. The lowest BCUT2D eigenvalue weighted by Gasteiger charge is -2.36. The van der Waals surface area contributed by atoms with Gasteiger partial charge < -0.3 is 10.0 Å². The molecule has 0 radical (unpaired) electrons. The number of rotatable bonds is 1. The first-order valence-corrected chi connectivity index (χ1v) is 6.25. The molecule has 1 heterocycles. The smallest absolute Gasteiger partial charge is 0.223 e. The zero-order chi connectivity index (χ0) is 10.7. The van der Waals surface area contributed by atoms with Gasteiger partial charge in [-0.3, -0.25) is 4.79 Å². The molecule has 15 heavy (non-hydrogen) atoms. The van der Waals surface area contributed by atoms with Gasteiger partial charge in [0.2, 0.25) is 5.91 Å². The first-order chi connectivity index (χ1) is 7.27. The Hall–Kier alpha value is -0.570. The lowest BCUT2D eigenvalue weighted by Crippen LogP contribution is -2.48. The van der Waals surface area contributed by atoms with Gasteiger partial charge in [-0.2, -0.15) is 0 Å². The van der Waals surface area contributed by atoms with Crippen molar-refractivity contribution in [3.05, 3.63) is 0 Å². The fourth-order valence-corrected chi connectivity index (χ4v) is 2.78. The van der Waals surface area contributed by atoms with E-state index in [0.29, 0.717) is 25.4 Å². The molecule has 0 aromatic heterocycles. The van der Waals surface area contributed by atoms with Crippen LogP contribution in [-0.2, 0) is 4.79 Å². The summed E-state index contributed by atoms with van der Waals surface area (Å²) >= 11 is 0. The van der Waals surface area contributed by atoms with Gasteiger partial charge in [-0.15, -0.1) is 0 Å². The van der Waals surface area contributed by atoms with Crippen molar-refractivity contribution in [1.82, 2.24) is 4.90 Å². The van der Waals surface area contributed by atoms with E-state index in [2.05, 4.69) is 0 Å². The molecule has 0 bridgehead atoms. The van der Waals surface area contributed by atoms with Crippen LogP contribution in [0.4, 0.5) is 0 Å². The molecule has 1 saturated heterocycles. The Balaban J connectivity index is 1.96. The van der Waals surface area contributed by atoms with Gasteiger partial charge in [-0.25, -0.2) is 0 Å². The van der Waals surface area contributed by atoms with Crippen LogP contribution in [0.1, 0.15) is 51.4 Å². The normalized spacial score (nSPS) is 30.3. The Morgan fingerprint density at radius 1 is 1.07 bits per heavy atom. The Morgan fingerprint density at radius 3 is 2.40 bits per heavy atom. The van der Waals surface area contributed by atoms with E-state index in [0.717, 1.165) is 12.8 Å². The van der Waals surface area contributed by atoms with Crippen LogP contribution in [-0.4, -0.2) is 34.6 Å². The number of piperidine rings is 1. The molecule has 3 nitrogen and oxygen atoms in total. The average Bonchev–Trinajstić information content (AvgIpc) is 2.50. The van der Waals surface area contributed by atoms with E-state index in [-0.39, 0.29) is 12.0 Å². The summed E-state index contributed by atoms with van der Waals surface area (Å²) in [5, 5.41) is 9.60. The second-order valence-electron chi connectivity index (χ2n) is 4.88. The van der Waals surface area contributed by atoms with Gasteiger partial charge in [0.15, 0.2) is 0 Å². The molecule has 0 aromatic carbocycles. The molecule has 0 aromatic rings. The molecule has 2 fully saturated rings. The standard InChI is InChI=1S/C12H21NO2/c14-11-7-8-12(15)13(9-11)10-5-3-1-2-4-6-10/h10-11,14H,1-9H2. The van der Waals surface area contributed by atoms with Crippen molar-refractivity contribution in [2.45, 2.75) is 63.5 Å². The van der Waals surface area contributed by atoms with E-state index in [1.807, 2.05) is 4.90 Å². The highest BCUT2D eigenvalue weighted by atomic mass is 16.3. The molecule has 1 atom stereocenters. The van der Waals surface area contributed by atoms with Crippen LogP contribution < -0.4 is 0 Å². The van der Waals surface area contributed by atoms with Crippen LogP contribution in [0, 0.1) is 0 Å². The number of aliphatic hydroxyl groups excluding tert-OH is 1. The number of carbonyl (C=O) groups excluding carboxylic acids is 1. The summed E-state index contributed by atoms with van der Waals surface area (Å²) in [7, 11) is 0. The predicted octanol–water partition coefficient (Wildman–Crippen LogP) is 1.69. The van der Waals surface area contributed by atoms with E-state index >= 15 is 0 Å². The highest BCUT2D eigenvalue weighted by Gasteiger charge is 2.29. The lowest BCUT2D eigenvalue weighted by molar-refractivity contribution is -0.139. The zero-order valence-corrected chi connectivity index (χ0v) is 9.32. The third-order valence-corrected chi connectivity index (χ3v) is 3.68. The molecular weight excluding hydrogens is 190 g/mol. The Kier molecular flexibility index (Phi) is 3.62. The molecule has 0 spiro atoms. The maximum absolute atomic E-state index is 11.8. The van der Waals surface area contributed by atoms with Crippen molar-refractivity contribution in [2.24, 2.45) is 0 Å². The third-order valence-electron chi connectivity index (χ3n) is 3.68. The third kappa shape index (κ3) is 2.71. The van der Waals surface area contributed by atoms with E-state index in [1.54, 1.807) is 0 Å². The zero-order valence-electron chi connectivity index (χ0n) is 9.32. The summed E-state index contributed by atoms with van der Waals surface area (Å²) in [4.78, 5) is 13.7. The van der Waals surface area contributed by atoms with E-state index in [1.165, 1.54) is 25.7 Å². The molecule has 1 amide bonds. The van der Waals surface area contributed by atoms with Crippen molar-refractivity contribution in [3.63, 3.8) is 0 Å². The Morgan fingerprint density at radius 2 is 1.73 bits per heavy atom. The molecule has 1 aliphatic heterocycles. The second kappa shape index (κ2) is 4.97. The Bertz CT molecular complexity index is 222. The van der Waals surface area contributed by atoms with Gasteiger partial charge in [0.1, 0.15) is 0 Å². The van der Waals surface area contributed by atoms with Crippen molar-refractivity contribution < 1.29 is 9.90 Å². The monoisotopic (exact) mass is 211 g/mol. The van der Waals surface area contributed by atoms with Gasteiger partial charge in [-0.1, -0.05) is 25.7 Å². The molecule has 86 valence electrons. The second-order valence-corrected chi connectivity index (χ2v) is 4.88. The molecule has 1 saturated carbocycles. The van der Waals surface area contributed by atoms with Gasteiger partial charge in [0.05, 0.1) is 6.10 Å². The summed E-state index contributed by atoms with van der Waals surface area (Å²) < 4.78 is 0. The van der Waals surface area contributed by atoms with Crippen LogP contribution in [0.25, 0.3) is 0 Å². The molecule has 1 N–H and O–H groups in total. The number of hydrogen-bond donors (Lipinski definition) is 1. The molecule has 3 heteroatoms. The maximum atomic E-state index is 11.8. The minimum atomic E-state index is -0.286. The summed E-state index contributed by atoms with van der Waals surface area (Å²) in [6.45, 7) is 0.573. The molecule has 2 rings (SSSR count). The average molecular weight is 211 g/mol. The summed E-state index contributed by atoms with van der Waals surface area (Å²) in [6.07, 6.45) is 8.28. The maximum Gasteiger partial charge on any atom is 0.223 e. The number of likely N-dealkylation sites (tertiary alicyclic amines) is 1. The summed E-state index contributed by atoms with van der Waals surface area (Å²) in [5.41, 5.74) is 0. The largest absolute Gasteiger partial charge is 0.391 e. The van der Waals surface area contributed by atoms with Crippen LogP contribution >= 0.6 is 0 Å². The van der Waals surface area contributed by atoms with E-state index in [4.69, 9.17) is 0 Å². The topological polar surface area (TPSA) is 40.5 Å². The lowest BCUT2D eigenvalue weighted by atomic mass is 10.0. The van der Waals surface area contributed by atoms with Gasteiger partial charge in [-0.05, 0) is 19.3 Å². The fraction of sp³-hybridized carbons (Fsp3) is 0.917. The number of nitrogens with zero attached hydrogens (tertiary/aromatic N) is 1.